The third-order valence-corrected chi connectivity index (χ3v) is 4.95. The van der Waals surface area contributed by atoms with Gasteiger partial charge in [0.1, 0.15) is 37.4 Å². The van der Waals surface area contributed by atoms with Gasteiger partial charge >= 0.3 is 0 Å². The molecule has 0 radical (unpaired) electrons. The van der Waals surface area contributed by atoms with Gasteiger partial charge in [-0.3, -0.25) is 0 Å². The summed E-state index contributed by atoms with van der Waals surface area (Å²) in [4.78, 5) is 0. The van der Waals surface area contributed by atoms with E-state index in [1.54, 1.807) is 31.4 Å². The average molecular weight is 448 g/mol. The van der Waals surface area contributed by atoms with E-state index in [9.17, 15) is 5.11 Å². The van der Waals surface area contributed by atoms with Crippen LogP contribution >= 0.6 is 0 Å². The summed E-state index contributed by atoms with van der Waals surface area (Å²) in [6.45, 7) is 2.29. The van der Waals surface area contributed by atoms with Crippen LogP contribution in [0.2, 0.25) is 0 Å². The highest BCUT2D eigenvalue weighted by Gasteiger charge is 2.14. The number of benzene rings is 2. The smallest absolute Gasteiger partial charge is 0.161 e. The quantitative estimate of drug-likeness (QED) is 0.452. The standard InChI is InChI=1S/C24H33NO7/c1-27-23-14-18(16-32-24-4-2-3-11-30-24)5-10-22(23)29-13-12-28-20-6-8-21(9-7-20)31-17-19(26)15-25/h5-10,14,19,24,26H,2-4,11-13,15-17,25H2,1H3/t19-,24?/m1/s1. The molecule has 1 fully saturated rings. The maximum Gasteiger partial charge on any atom is 0.161 e. The normalized spacial score (nSPS) is 16.9. The molecule has 0 saturated carbocycles. The second-order valence-corrected chi connectivity index (χ2v) is 7.46. The molecule has 1 heterocycles. The average Bonchev–Trinajstić information content (AvgIpc) is 2.85. The van der Waals surface area contributed by atoms with Crippen LogP contribution in [0.1, 0.15) is 24.8 Å². The molecular formula is C24H33NO7. The van der Waals surface area contributed by atoms with Gasteiger partial charge in [-0.1, -0.05) is 6.07 Å². The molecule has 3 N–H and O–H groups in total. The zero-order valence-electron chi connectivity index (χ0n) is 18.5. The first-order valence-electron chi connectivity index (χ1n) is 10.9. The van der Waals surface area contributed by atoms with Gasteiger partial charge in [0.15, 0.2) is 17.8 Å². The molecule has 0 amide bonds. The Hall–Kier alpha value is -2.52. The van der Waals surface area contributed by atoms with Gasteiger partial charge in [-0.2, -0.15) is 0 Å². The molecular weight excluding hydrogens is 414 g/mol. The zero-order chi connectivity index (χ0) is 22.6. The van der Waals surface area contributed by atoms with Crippen molar-refractivity contribution in [3.63, 3.8) is 0 Å². The van der Waals surface area contributed by atoms with Crippen LogP contribution in [0, 0.1) is 0 Å². The number of ether oxygens (including phenoxy) is 6. The molecule has 0 aromatic heterocycles. The van der Waals surface area contributed by atoms with E-state index in [0.29, 0.717) is 42.8 Å². The molecule has 1 saturated heterocycles. The van der Waals surface area contributed by atoms with Crippen molar-refractivity contribution in [2.75, 3.05) is 40.1 Å². The molecule has 2 aromatic carbocycles. The van der Waals surface area contributed by atoms with Gasteiger partial charge < -0.3 is 39.3 Å². The molecule has 8 nitrogen and oxygen atoms in total. The first-order chi connectivity index (χ1) is 15.7. The van der Waals surface area contributed by atoms with Crippen LogP contribution in [0.5, 0.6) is 23.0 Å². The predicted molar refractivity (Wildman–Crippen MR) is 119 cm³/mol. The minimum atomic E-state index is -0.674. The summed E-state index contributed by atoms with van der Waals surface area (Å²) in [6, 6.07) is 12.9. The third kappa shape index (κ3) is 7.87. The van der Waals surface area contributed by atoms with Crippen LogP contribution in [-0.4, -0.2) is 57.6 Å². The van der Waals surface area contributed by atoms with Crippen LogP contribution in [-0.2, 0) is 16.1 Å². The Morgan fingerprint density at radius 2 is 1.75 bits per heavy atom. The molecule has 32 heavy (non-hydrogen) atoms. The van der Waals surface area contributed by atoms with Crippen LogP contribution in [0.4, 0.5) is 0 Å². The van der Waals surface area contributed by atoms with E-state index in [1.807, 2.05) is 18.2 Å². The number of hydrogen-bond acceptors (Lipinski definition) is 8. The molecule has 0 spiro atoms. The number of rotatable bonds is 13. The highest BCUT2D eigenvalue weighted by atomic mass is 16.7. The highest BCUT2D eigenvalue weighted by Crippen LogP contribution is 2.29. The van der Waals surface area contributed by atoms with Crippen LogP contribution in [0.15, 0.2) is 42.5 Å². The van der Waals surface area contributed by atoms with Crippen molar-refractivity contribution in [1.29, 1.82) is 0 Å². The summed E-state index contributed by atoms with van der Waals surface area (Å²) in [7, 11) is 1.61. The van der Waals surface area contributed by atoms with Gasteiger partial charge in [0, 0.05) is 13.2 Å². The Morgan fingerprint density at radius 3 is 2.44 bits per heavy atom. The molecule has 3 rings (SSSR count). The van der Waals surface area contributed by atoms with Crippen molar-refractivity contribution in [3.8, 4) is 23.0 Å². The van der Waals surface area contributed by atoms with Gasteiger partial charge in [0.2, 0.25) is 0 Å². The van der Waals surface area contributed by atoms with E-state index in [-0.39, 0.29) is 19.4 Å². The first-order valence-corrected chi connectivity index (χ1v) is 10.9. The first kappa shape index (κ1) is 24.1. The molecule has 2 aromatic rings. The van der Waals surface area contributed by atoms with Crippen molar-refractivity contribution < 1.29 is 33.5 Å². The topological polar surface area (TPSA) is 102 Å². The molecule has 1 unspecified atom stereocenters. The minimum absolute atomic E-state index is 0.124. The van der Waals surface area contributed by atoms with E-state index in [2.05, 4.69) is 0 Å². The number of methoxy groups -OCH3 is 1. The van der Waals surface area contributed by atoms with Gasteiger partial charge in [-0.15, -0.1) is 0 Å². The minimum Gasteiger partial charge on any atom is -0.493 e. The molecule has 8 heteroatoms. The molecule has 2 atom stereocenters. The molecule has 176 valence electrons. The fraction of sp³-hybridized carbons (Fsp3) is 0.500. The molecule has 1 aliphatic heterocycles. The second kappa shape index (κ2) is 13.1. The van der Waals surface area contributed by atoms with Crippen LogP contribution < -0.4 is 24.7 Å². The fourth-order valence-corrected chi connectivity index (χ4v) is 3.16. The van der Waals surface area contributed by atoms with Crippen LogP contribution in [0.3, 0.4) is 0 Å². The fourth-order valence-electron chi connectivity index (χ4n) is 3.16. The van der Waals surface area contributed by atoms with Gasteiger partial charge in [-0.05, 0) is 61.2 Å². The Kier molecular flexibility index (Phi) is 9.90. The van der Waals surface area contributed by atoms with Gasteiger partial charge in [-0.25, -0.2) is 0 Å². The number of hydrogen-bond donors (Lipinski definition) is 2. The number of nitrogens with two attached hydrogens (primary N) is 1. The van der Waals surface area contributed by atoms with E-state index in [0.717, 1.165) is 31.4 Å². The second-order valence-electron chi connectivity index (χ2n) is 7.46. The summed E-state index contributed by atoms with van der Waals surface area (Å²) in [5.41, 5.74) is 6.36. The summed E-state index contributed by atoms with van der Waals surface area (Å²) in [6.07, 6.45) is 2.38. The van der Waals surface area contributed by atoms with E-state index in [4.69, 9.17) is 34.2 Å². The van der Waals surface area contributed by atoms with E-state index >= 15 is 0 Å². The Labute approximate surface area is 189 Å². The van der Waals surface area contributed by atoms with Crippen LogP contribution in [0.25, 0.3) is 0 Å². The highest BCUT2D eigenvalue weighted by molar-refractivity contribution is 5.42. The Bertz CT molecular complexity index is 793. The summed E-state index contributed by atoms with van der Waals surface area (Å²) in [5, 5.41) is 9.44. The summed E-state index contributed by atoms with van der Waals surface area (Å²) < 4.78 is 33.9. The maximum atomic E-state index is 9.44. The summed E-state index contributed by atoms with van der Waals surface area (Å²) >= 11 is 0. The molecule has 0 aliphatic carbocycles. The number of aliphatic hydroxyl groups excluding tert-OH is 1. The predicted octanol–water partition coefficient (Wildman–Crippen LogP) is 2.89. The van der Waals surface area contributed by atoms with Gasteiger partial charge in [0.05, 0.1) is 13.7 Å². The summed E-state index contributed by atoms with van der Waals surface area (Å²) in [5.74, 6) is 2.64. The van der Waals surface area contributed by atoms with Crippen molar-refractivity contribution in [3.05, 3.63) is 48.0 Å². The Morgan fingerprint density at radius 1 is 1.00 bits per heavy atom. The Balaban J connectivity index is 1.40. The maximum absolute atomic E-state index is 9.44. The largest absolute Gasteiger partial charge is 0.493 e. The molecule has 1 aliphatic rings. The van der Waals surface area contributed by atoms with E-state index < -0.39 is 6.10 Å². The van der Waals surface area contributed by atoms with Crippen molar-refractivity contribution in [2.24, 2.45) is 5.73 Å². The lowest BCUT2D eigenvalue weighted by atomic mass is 10.2. The third-order valence-electron chi connectivity index (χ3n) is 4.95. The van der Waals surface area contributed by atoms with Crippen molar-refractivity contribution in [1.82, 2.24) is 0 Å². The van der Waals surface area contributed by atoms with Gasteiger partial charge in [0.25, 0.3) is 0 Å². The SMILES string of the molecule is COc1cc(COC2CCCCO2)ccc1OCCOc1ccc(OC[C@H](O)CN)cc1. The molecule has 0 bridgehead atoms. The van der Waals surface area contributed by atoms with Crippen molar-refractivity contribution >= 4 is 0 Å². The zero-order valence-corrected chi connectivity index (χ0v) is 18.5. The monoisotopic (exact) mass is 447 g/mol. The lowest BCUT2D eigenvalue weighted by Gasteiger charge is -2.22. The van der Waals surface area contributed by atoms with Crippen molar-refractivity contribution in [2.45, 2.75) is 38.3 Å². The lowest BCUT2D eigenvalue weighted by molar-refractivity contribution is -0.168. The number of aliphatic hydroxyl groups is 1. The van der Waals surface area contributed by atoms with E-state index in [1.165, 1.54) is 0 Å². The lowest BCUT2D eigenvalue weighted by Crippen LogP contribution is -2.26.